The number of rotatable bonds is 5. The van der Waals surface area contributed by atoms with E-state index >= 15 is 0 Å². The van der Waals surface area contributed by atoms with Crippen LogP contribution in [0.2, 0.25) is 0 Å². The first-order chi connectivity index (χ1) is 8.49. The molecule has 0 bridgehead atoms. The Morgan fingerprint density at radius 1 is 1.39 bits per heavy atom. The lowest BCUT2D eigenvalue weighted by atomic mass is 9.76. The lowest BCUT2D eigenvalue weighted by molar-refractivity contribution is -0.122. The van der Waals surface area contributed by atoms with E-state index < -0.39 is 5.54 Å². The van der Waals surface area contributed by atoms with Gasteiger partial charge in [0.05, 0.1) is 0 Å². The smallest absolute Gasteiger partial charge is 0.242 e. The largest absolute Gasteiger partial charge is 0.371 e. The van der Waals surface area contributed by atoms with Gasteiger partial charge >= 0.3 is 0 Å². The number of carbonyl (C=O) groups excluding carboxylic acids is 1. The van der Waals surface area contributed by atoms with Crippen LogP contribution in [0.1, 0.15) is 38.2 Å². The number of benzene rings is 1. The normalized spacial score (nSPS) is 18.8. The Labute approximate surface area is 109 Å². The van der Waals surface area contributed by atoms with E-state index in [1.54, 1.807) is 0 Å². The van der Waals surface area contributed by atoms with Gasteiger partial charge in [-0.2, -0.15) is 0 Å². The zero-order chi connectivity index (χ0) is 13.2. The molecule has 0 aromatic heterocycles. The molecule has 3 N–H and O–H groups in total. The highest BCUT2D eigenvalue weighted by Gasteiger charge is 2.35. The van der Waals surface area contributed by atoms with Crippen molar-refractivity contribution in [3.8, 4) is 0 Å². The van der Waals surface area contributed by atoms with E-state index in [2.05, 4.69) is 5.32 Å². The highest BCUT2D eigenvalue weighted by atomic mass is 16.1. The Kier molecular flexibility index (Phi) is 3.60. The molecule has 0 saturated heterocycles. The molecule has 3 heteroatoms. The van der Waals surface area contributed by atoms with Gasteiger partial charge < -0.3 is 11.1 Å². The molecule has 1 aliphatic carbocycles. The van der Waals surface area contributed by atoms with Crippen LogP contribution in [-0.4, -0.2) is 11.4 Å². The van der Waals surface area contributed by atoms with E-state index in [0.29, 0.717) is 5.92 Å². The lowest BCUT2D eigenvalue weighted by Gasteiger charge is -2.36. The maximum atomic E-state index is 11.7. The number of hydrogen-bond donors (Lipinski definition) is 2. The molecule has 0 spiro atoms. The van der Waals surface area contributed by atoms with E-state index in [-0.39, 0.29) is 5.91 Å². The third-order valence-corrected chi connectivity index (χ3v) is 3.94. The summed E-state index contributed by atoms with van der Waals surface area (Å²) in [4.78, 5) is 11.7. The average Bonchev–Trinajstić information content (AvgIpc) is 2.27. The van der Waals surface area contributed by atoms with E-state index in [4.69, 9.17) is 5.73 Å². The number of primary amides is 1. The Hall–Kier alpha value is -1.51. The summed E-state index contributed by atoms with van der Waals surface area (Å²) in [6.07, 6.45) is 4.55. The Bertz CT molecular complexity index is 423. The second kappa shape index (κ2) is 5.01. The third-order valence-electron chi connectivity index (χ3n) is 3.94. The molecule has 1 saturated carbocycles. The van der Waals surface area contributed by atoms with Gasteiger partial charge in [-0.15, -0.1) is 0 Å². The van der Waals surface area contributed by atoms with Crippen molar-refractivity contribution in [3.63, 3.8) is 0 Å². The average molecular weight is 246 g/mol. The summed E-state index contributed by atoms with van der Waals surface area (Å²) in [5.41, 5.74) is 7.10. The summed E-state index contributed by atoms with van der Waals surface area (Å²) in [6.45, 7) is 3.96. The van der Waals surface area contributed by atoms with Gasteiger partial charge in [-0.05, 0) is 38.3 Å². The third kappa shape index (κ3) is 2.84. The Morgan fingerprint density at radius 2 is 2.00 bits per heavy atom. The van der Waals surface area contributed by atoms with Crippen molar-refractivity contribution in [3.05, 3.63) is 29.8 Å². The number of anilines is 1. The summed E-state index contributed by atoms with van der Waals surface area (Å²) < 4.78 is 0. The van der Waals surface area contributed by atoms with Crippen LogP contribution in [0.3, 0.4) is 0 Å². The monoisotopic (exact) mass is 246 g/mol. The van der Waals surface area contributed by atoms with Gasteiger partial charge in [-0.25, -0.2) is 0 Å². The molecule has 1 aromatic carbocycles. The van der Waals surface area contributed by atoms with E-state index in [0.717, 1.165) is 12.1 Å². The van der Waals surface area contributed by atoms with Crippen LogP contribution in [0.25, 0.3) is 0 Å². The van der Waals surface area contributed by atoms with Crippen LogP contribution in [0.5, 0.6) is 0 Å². The van der Waals surface area contributed by atoms with Crippen LogP contribution in [-0.2, 0) is 4.79 Å². The van der Waals surface area contributed by atoms with Crippen LogP contribution in [0, 0.1) is 12.8 Å². The van der Waals surface area contributed by atoms with Gasteiger partial charge in [-0.3, -0.25) is 4.79 Å². The first kappa shape index (κ1) is 12.9. The number of amides is 1. The van der Waals surface area contributed by atoms with Gasteiger partial charge in [0, 0.05) is 5.69 Å². The number of hydrogen-bond acceptors (Lipinski definition) is 2. The Balaban J connectivity index is 2.09. The number of nitrogens with one attached hydrogen (secondary N) is 1. The minimum Gasteiger partial charge on any atom is -0.371 e. The summed E-state index contributed by atoms with van der Waals surface area (Å²) in [5, 5.41) is 3.31. The highest BCUT2D eigenvalue weighted by molar-refractivity contribution is 5.87. The first-order valence-corrected chi connectivity index (χ1v) is 6.64. The zero-order valence-corrected chi connectivity index (χ0v) is 11.2. The predicted octanol–water partition coefficient (Wildman–Crippen LogP) is 2.84. The van der Waals surface area contributed by atoms with Gasteiger partial charge in [0.2, 0.25) is 5.91 Å². The molecule has 1 aliphatic rings. The van der Waals surface area contributed by atoms with Crippen molar-refractivity contribution in [2.24, 2.45) is 11.7 Å². The molecule has 3 nitrogen and oxygen atoms in total. The van der Waals surface area contributed by atoms with E-state index in [1.807, 2.05) is 38.1 Å². The molecular weight excluding hydrogens is 224 g/mol. The molecule has 1 atom stereocenters. The summed E-state index contributed by atoms with van der Waals surface area (Å²) in [5.74, 6) is 0.371. The van der Waals surface area contributed by atoms with Gasteiger partial charge in [0.25, 0.3) is 0 Å². The number of nitrogens with two attached hydrogens (primary N) is 1. The second-order valence-corrected chi connectivity index (χ2v) is 5.69. The molecule has 0 radical (unpaired) electrons. The molecule has 1 unspecified atom stereocenters. The van der Waals surface area contributed by atoms with Crippen molar-refractivity contribution in [1.29, 1.82) is 0 Å². The van der Waals surface area contributed by atoms with Crippen LogP contribution in [0.4, 0.5) is 5.69 Å². The lowest BCUT2D eigenvalue weighted by Crippen LogP contribution is -2.49. The molecule has 0 heterocycles. The molecule has 2 rings (SSSR count). The predicted molar refractivity (Wildman–Crippen MR) is 74.4 cm³/mol. The fourth-order valence-corrected chi connectivity index (χ4v) is 2.44. The quantitative estimate of drug-likeness (QED) is 0.839. The first-order valence-electron chi connectivity index (χ1n) is 6.64. The molecule has 1 amide bonds. The van der Waals surface area contributed by atoms with E-state index in [9.17, 15) is 4.79 Å². The summed E-state index contributed by atoms with van der Waals surface area (Å²) >= 11 is 0. The van der Waals surface area contributed by atoms with E-state index in [1.165, 1.54) is 24.8 Å². The molecule has 18 heavy (non-hydrogen) atoms. The van der Waals surface area contributed by atoms with Crippen molar-refractivity contribution in [2.75, 3.05) is 5.32 Å². The van der Waals surface area contributed by atoms with Crippen LogP contribution in [0.15, 0.2) is 24.3 Å². The van der Waals surface area contributed by atoms with Crippen LogP contribution < -0.4 is 11.1 Å². The molecule has 0 aliphatic heterocycles. The SMILES string of the molecule is Cc1ccc(NC(C)(CC2CCC2)C(N)=O)cc1. The van der Waals surface area contributed by atoms with Gasteiger partial charge in [-0.1, -0.05) is 37.0 Å². The highest BCUT2D eigenvalue weighted by Crippen LogP contribution is 2.35. The molecule has 1 fully saturated rings. The standard InChI is InChI=1S/C15H22N2O/c1-11-6-8-13(9-7-11)17-15(2,14(16)18)10-12-4-3-5-12/h6-9,12,17H,3-5,10H2,1-2H3,(H2,16,18). The van der Waals surface area contributed by atoms with Gasteiger partial charge in [0.1, 0.15) is 5.54 Å². The van der Waals surface area contributed by atoms with Gasteiger partial charge in [0.15, 0.2) is 0 Å². The number of carbonyl (C=O) groups is 1. The second-order valence-electron chi connectivity index (χ2n) is 5.69. The molecule has 98 valence electrons. The fraction of sp³-hybridized carbons (Fsp3) is 0.533. The molecular formula is C15H22N2O. The topological polar surface area (TPSA) is 55.1 Å². The van der Waals surface area contributed by atoms with Crippen molar-refractivity contribution in [1.82, 2.24) is 0 Å². The van der Waals surface area contributed by atoms with Crippen molar-refractivity contribution >= 4 is 11.6 Å². The zero-order valence-electron chi connectivity index (χ0n) is 11.2. The minimum atomic E-state index is -0.639. The van der Waals surface area contributed by atoms with Crippen molar-refractivity contribution < 1.29 is 4.79 Å². The minimum absolute atomic E-state index is 0.269. The van der Waals surface area contributed by atoms with Crippen LogP contribution >= 0.6 is 0 Å². The fourth-order valence-electron chi connectivity index (χ4n) is 2.44. The molecule has 1 aromatic rings. The maximum Gasteiger partial charge on any atom is 0.242 e. The maximum absolute atomic E-state index is 11.7. The summed E-state index contributed by atoms with van der Waals surface area (Å²) in [6, 6.07) is 8.06. The summed E-state index contributed by atoms with van der Waals surface area (Å²) in [7, 11) is 0. The number of aryl methyl sites for hydroxylation is 1. The van der Waals surface area contributed by atoms with Crippen molar-refractivity contribution in [2.45, 2.75) is 45.1 Å². The Morgan fingerprint density at radius 3 is 2.44 bits per heavy atom.